The Labute approximate surface area is 128 Å². The minimum atomic E-state index is -0.441. The van der Waals surface area contributed by atoms with Gasteiger partial charge in [-0.15, -0.1) is 0 Å². The standard InChI is InChI=1S/C18H18F2O2/c1-3-17(21)22-12(2)18(13-4-8-15(19)9-5-13)14-6-10-16(20)11-7-14/h4-12,18H,3H2,1-2H3/t12-/m0/s1. The Morgan fingerprint density at radius 3 is 1.73 bits per heavy atom. The smallest absolute Gasteiger partial charge is 0.305 e. The lowest BCUT2D eigenvalue weighted by Crippen LogP contribution is -2.23. The number of hydrogen-bond acceptors (Lipinski definition) is 2. The van der Waals surface area contributed by atoms with Gasteiger partial charge in [0.1, 0.15) is 17.7 Å². The Bertz CT molecular complexity index is 575. The molecule has 0 aliphatic carbocycles. The van der Waals surface area contributed by atoms with Gasteiger partial charge < -0.3 is 4.74 Å². The molecule has 2 nitrogen and oxygen atoms in total. The molecule has 0 aromatic heterocycles. The number of carbonyl (C=O) groups excluding carboxylic acids is 1. The van der Waals surface area contributed by atoms with Crippen LogP contribution in [0.1, 0.15) is 37.3 Å². The SMILES string of the molecule is CCC(=O)O[C@@H](C)C(c1ccc(F)cc1)c1ccc(F)cc1. The minimum absolute atomic E-state index is 0.281. The second kappa shape index (κ2) is 7.16. The number of rotatable bonds is 5. The zero-order valence-corrected chi connectivity index (χ0v) is 12.6. The van der Waals surface area contributed by atoms with Crippen molar-refractivity contribution in [3.8, 4) is 0 Å². The van der Waals surface area contributed by atoms with Crippen LogP contribution in [-0.2, 0) is 9.53 Å². The lowest BCUT2D eigenvalue weighted by atomic mass is 9.87. The van der Waals surface area contributed by atoms with Crippen LogP contribution >= 0.6 is 0 Å². The topological polar surface area (TPSA) is 26.3 Å². The maximum Gasteiger partial charge on any atom is 0.305 e. The number of ether oxygens (including phenoxy) is 1. The van der Waals surface area contributed by atoms with Crippen LogP contribution in [0.3, 0.4) is 0 Å². The van der Waals surface area contributed by atoms with E-state index in [1.54, 1.807) is 38.1 Å². The average molecular weight is 304 g/mol. The van der Waals surface area contributed by atoms with Gasteiger partial charge in [-0.2, -0.15) is 0 Å². The van der Waals surface area contributed by atoms with Crippen LogP contribution in [0.2, 0.25) is 0 Å². The molecule has 22 heavy (non-hydrogen) atoms. The van der Waals surface area contributed by atoms with Gasteiger partial charge in [0.05, 0.1) is 0 Å². The fraction of sp³-hybridized carbons (Fsp3) is 0.278. The quantitative estimate of drug-likeness (QED) is 0.763. The molecule has 0 amide bonds. The Kier molecular flexibility index (Phi) is 5.26. The number of esters is 1. The molecule has 0 saturated carbocycles. The Morgan fingerprint density at radius 1 is 0.955 bits per heavy atom. The second-order valence-electron chi connectivity index (χ2n) is 5.13. The first-order valence-electron chi connectivity index (χ1n) is 7.21. The minimum Gasteiger partial charge on any atom is -0.462 e. The largest absolute Gasteiger partial charge is 0.462 e. The number of hydrogen-bond donors (Lipinski definition) is 0. The number of halogens is 2. The Balaban J connectivity index is 2.37. The molecular formula is C18H18F2O2. The molecule has 116 valence electrons. The lowest BCUT2D eigenvalue weighted by Gasteiger charge is -2.25. The highest BCUT2D eigenvalue weighted by atomic mass is 19.1. The van der Waals surface area contributed by atoms with Gasteiger partial charge in [0.15, 0.2) is 0 Å². The molecule has 0 heterocycles. The van der Waals surface area contributed by atoms with Gasteiger partial charge in [0.2, 0.25) is 0 Å². The van der Waals surface area contributed by atoms with Crippen molar-refractivity contribution in [3.63, 3.8) is 0 Å². The molecule has 0 spiro atoms. The molecule has 1 atom stereocenters. The van der Waals surface area contributed by atoms with Gasteiger partial charge in [0, 0.05) is 12.3 Å². The van der Waals surface area contributed by atoms with E-state index < -0.39 is 6.10 Å². The van der Waals surface area contributed by atoms with E-state index in [2.05, 4.69) is 0 Å². The van der Waals surface area contributed by atoms with Crippen LogP contribution < -0.4 is 0 Å². The molecule has 2 aromatic carbocycles. The summed E-state index contributed by atoms with van der Waals surface area (Å²) in [6.45, 7) is 3.50. The van der Waals surface area contributed by atoms with E-state index in [1.165, 1.54) is 24.3 Å². The van der Waals surface area contributed by atoms with E-state index in [-0.39, 0.29) is 29.9 Å². The van der Waals surface area contributed by atoms with Gasteiger partial charge in [0.25, 0.3) is 0 Å². The molecule has 2 aromatic rings. The van der Waals surface area contributed by atoms with Crippen molar-refractivity contribution in [1.29, 1.82) is 0 Å². The molecule has 0 radical (unpaired) electrons. The van der Waals surface area contributed by atoms with Crippen LogP contribution in [0, 0.1) is 11.6 Å². The van der Waals surface area contributed by atoms with Crippen molar-refractivity contribution in [2.75, 3.05) is 0 Å². The van der Waals surface area contributed by atoms with E-state index in [1.807, 2.05) is 0 Å². The zero-order chi connectivity index (χ0) is 16.1. The van der Waals surface area contributed by atoms with E-state index in [9.17, 15) is 13.6 Å². The second-order valence-corrected chi connectivity index (χ2v) is 5.13. The summed E-state index contributed by atoms with van der Waals surface area (Å²) < 4.78 is 31.7. The van der Waals surface area contributed by atoms with Crippen LogP contribution in [0.25, 0.3) is 0 Å². The summed E-state index contributed by atoms with van der Waals surface area (Å²) >= 11 is 0. The highest BCUT2D eigenvalue weighted by Crippen LogP contribution is 2.30. The summed E-state index contributed by atoms with van der Waals surface area (Å²) in [7, 11) is 0. The molecule has 0 saturated heterocycles. The molecule has 0 bridgehead atoms. The highest BCUT2D eigenvalue weighted by Gasteiger charge is 2.24. The Morgan fingerprint density at radius 2 is 1.36 bits per heavy atom. The molecule has 0 fully saturated rings. The predicted octanol–water partition coefficient (Wildman–Crippen LogP) is 4.44. The predicted molar refractivity (Wildman–Crippen MR) is 80.5 cm³/mol. The molecule has 0 unspecified atom stereocenters. The number of benzene rings is 2. The Hall–Kier alpha value is -2.23. The molecule has 0 aliphatic rings. The maximum atomic E-state index is 13.1. The van der Waals surface area contributed by atoms with Crippen molar-refractivity contribution in [1.82, 2.24) is 0 Å². The third-order valence-electron chi connectivity index (χ3n) is 3.53. The molecule has 0 N–H and O–H groups in total. The first-order valence-corrected chi connectivity index (χ1v) is 7.21. The van der Waals surface area contributed by atoms with Gasteiger partial charge in [-0.1, -0.05) is 31.2 Å². The summed E-state index contributed by atoms with van der Waals surface area (Å²) in [5.41, 5.74) is 1.62. The van der Waals surface area contributed by atoms with Crippen LogP contribution in [-0.4, -0.2) is 12.1 Å². The summed E-state index contributed by atoms with van der Waals surface area (Å²) in [4.78, 5) is 11.6. The fourth-order valence-corrected chi connectivity index (χ4v) is 2.43. The van der Waals surface area contributed by atoms with Crippen molar-refractivity contribution in [2.45, 2.75) is 32.3 Å². The molecular weight excluding hydrogens is 286 g/mol. The van der Waals surface area contributed by atoms with Crippen LogP contribution in [0.5, 0.6) is 0 Å². The lowest BCUT2D eigenvalue weighted by molar-refractivity contribution is -0.148. The summed E-state index contributed by atoms with van der Waals surface area (Å²) in [6, 6.07) is 12.1. The van der Waals surface area contributed by atoms with E-state index >= 15 is 0 Å². The third kappa shape index (κ3) is 3.91. The van der Waals surface area contributed by atoms with Crippen LogP contribution in [0.15, 0.2) is 48.5 Å². The summed E-state index contributed by atoms with van der Waals surface area (Å²) in [6.07, 6.45) is -0.160. The van der Waals surface area contributed by atoms with Gasteiger partial charge in [-0.3, -0.25) is 4.79 Å². The van der Waals surface area contributed by atoms with Crippen molar-refractivity contribution in [3.05, 3.63) is 71.3 Å². The average Bonchev–Trinajstić information content (AvgIpc) is 2.51. The molecule has 4 heteroatoms. The fourth-order valence-electron chi connectivity index (χ4n) is 2.43. The normalized spacial score (nSPS) is 12.2. The van der Waals surface area contributed by atoms with E-state index in [4.69, 9.17) is 4.74 Å². The first-order chi connectivity index (χ1) is 10.5. The monoisotopic (exact) mass is 304 g/mol. The zero-order valence-electron chi connectivity index (χ0n) is 12.6. The van der Waals surface area contributed by atoms with Gasteiger partial charge in [-0.25, -0.2) is 8.78 Å². The highest BCUT2D eigenvalue weighted by molar-refractivity contribution is 5.69. The third-order valence-corrected chi connectivity index (χ3v) is 3.53. The summed E-state index contributed by atoms with van der Waals surface area (Å²) in [5, 5.41) is 0. The first kappa shape index (κ1) is 16.1. The maximum absolute atomic E-state index is 13.1. The van der Waals surface area contributed by atoms with Gasteiger partial charge in [-0.05, 0) is 42.3 Å². The van der Waals surface area contributed by atoms with E-state index in [0.29, 0.717) is 0 Å². The van der Waals surface area contributed by atoms with Crippen molar-refractivity contribution >= 4 is 5.97 Å². The summed E-state index contributed by atoms with van der Waals surface area (Å²) in [5.74, 6) is -1.25. The van der Waals surface area contributed by atoms with Crippen molar-refractivity contribution in [2.24, 2.45) is 0 Å². The molecule has 2 rings (SSSR count). The molecule has 0 aliphatic heterocycles. The van der Waals surface area contributed by atoms with Crippen molar-refractivity contribution < 1.29 is 18.3 Å². The van der Waals surface area contributed by atoms with Crippen LogP contribution in [0.4, 0.5) is 8.78 Å². The van der Waals surface area contributed by atoms with Gasteiger partial charge >= 0.3 is 5.97 Å². The van der Waals surface area contributed by atoms with E-state index in [0.717, 1.165) is 11.1 Å². The number of carbonyl (C=O) groups is 1.